The van der Waals surface area contributed by atoms with Crippen LogP contribution in [0.1, 0.15) is 37.2 Å². The van der Waals surface area contributed by atoms with Gasteiger partial charge < -0.3 is 19.8 Å². The largest absolute Gasteiger partial charge is 0.381 e. The molecule has 6 heteroatoms. The van der Waals surface area contributed by atoms with Crippen LogP contribution in [0.5, 0.6) is 0 Å². The van der Waals surface area contributed by atoms with Crippen LogP contribution in [0.2, 0.25) is 0 Å². The standard InChI is InChI=1S/C15H23N3O3/c1-11-17-13(8-14(19)18-11)10-16-12-2-5-21-15(9-12)3-6-20-7-4-15/h8,12,16H,2-7,9-10H2,1H3,(H,17,18,19)/t12-/m0/s1. The summed E-state index contributed by atoms with van der Waals surface area (Å²) in [5.41, 5.74) is 0.696. The van der Waals surface area contributed by atoms with Crippen LogP contribution in [0.15, 0.2) is 10.9 Å². The van der Waals surface area contributed by atoms with Crippen molar-refractivity contribution in [1.29, 1.82) is 0 Å². The van der Waals surface area contributed by atoms with Crippen molar-refractivity contribution in [2.45, 2.75) is 50.8 Å². The zero-order valence-corrected chi connectivity index (χ0v) is 12.5. The lowest BCUT2D eigenvalue weighted by atomic mass is 9.84. The maximum absolute atomic E-state index is 11.4. The van der Waals surface area contributed by atoms with Gasteiger partial charge in [-0.25, -0.2) is 4.98 Å². The number of aromatic amines is 1. The number of nitrogens with one attached hydrogen (secondary N) is 2. The monoisotopic (exact) mass is 293 g/mol. The number of hydrogen-bond donors (Lipinski definition) is 2. The van der Waals surface area contributed by atoms with E-state index in [1.807, 2.05) is 0 Å². The van der Waals surface area contributed by atoms with Crippen molar-refractivity contribution >= 4 is 0 Å². The third-order valence-electron chi connectivity index (χ3n) is 4.38. The van der Waals surface area contributed by atoms with Crippen LogP contribution in [-0.2, 0) is 16.0 Å². The van der Waals surface area contributed by atoms with Gasteiger partial charge in [-0.1, -0.05) is 0 Å². The average molecular weight is 293 g/mol. The summed E-state index contributed by atoms with van der Waals surface area (Å²) in [4.78, 5) is 18.5. The second-order valence-electron chi connectivity index (χ2n) is 6.04. The van der Waals surface area contributed by atoms with Gasteiger partial charge >= 0.3 is 0 Å². The Balaban J connectivity index is 1.58. The fourth-order valence-corrected chi connectivity index (χ4v) is 3.27. The lowest BCUT2D eigenvalue weighted by Gasteiger charge is -2.43. The number of aromatic nitrogens is 2. The van der Waals surface area contributed by atoms with E-state index >= 15 is 0 Å². The van der Waals surface area contributed by atoms with Crippen molar-refractivity contribution in [3.8, 4) is 0 Å². The number of ether oxygens (including phenoxy) is 2. The van der Waals surface area contributed by atoms with Gasteiger partial charge in [-0.2, -0.15) is 0 Å². The third kappa shape index (κ3) is 3.70. The van der Waals surface area contributed by atoms with Crippen LogP contribution < -0.4 is 10.9 Å². The topological polar surface area (TPSA) is 76.2 Å². The Morgan fingerprint density at radius 2 is 2.24 bits per heavy atom. The molecule has 2 N–H and O–H groups in total. The van der Waals surface area contributed by atoms with Crippen LogP contribution >= 0.6 is 0 Å². The Kier molecular flexibility index (Phi) is 4.37. The first kappa shape index (κ1) is 14.7. The first-order valence-corrected chi connectivity index (χ1v) is 7.67. The molecule has 3 rings (SSSR count). The summed E-state index contributed by atoms with van der Waals surface area (Å²) in [6.07, 6.45) is 3.98. The molecule has 2 fully saturated rings. The number of H-pyrrole nitrogens is 1. The van der Waals surface area contributed by atoms with E-state index < -0.39 is 0 Å². The molecule has 0 aliphatic carbocycles. The second-order valence-corrected chi connectivity index (χ2v) is 6.04. The van der Waals surface area contributed by atoms with Gasteiger partial charge in [-0.15, -0.1) is 0 Å². The molecule has 0 unspecified atom stereocenters. The summed E-state index contributed by atoms with van der Waals surface area (Å²) < 4.78 is 11.5. The number of hydrogen-bond acceptors (Lipinski definition) is 5. The van der Waals surface area contributed by atoms with E-state index in [9.17, 15) is 4.79 Å². The van der Waals surface area contributed by atoms with Crippen LogP contribution in [0.4, 0.5) is 0 Å². The highest BCUT2D eigenvalue weighted by Crippen LogP contribution is 2.34. The van der Waals surface area contributed by atoms with E-state index in [4.69, 9.17) is 9.47 Å². The molecule has 1 spiro atoms. The zero-order chi connectivity index (χ0) is 14.7. The van der Waals surface area contributed by atoms with Gasteiger partial charge in [-0.3, -0.25) is 4.79 Å². The van der Waals surface area contributed by atoms with Crippen molar-refractivity contribution in [1.82, 2.24) is 15.3 Å². The van der Waals surface area contributed by atoms with Crippen LogP contribution in [-0.4, -0.2) is 41.4 Å². The van der Waals surface area contributed by atoms with Gasteiger partial charge in [-0.05, 0) is 32.6 Å². The molecule has 3 heterocycles. The molecule has 21 heavy (non-hydrogen) atoms. The highest BCUT2D eigenvalue weighted by molar-refractivity contribution is 5.02. The minimum atomic E-state index is -0.0906. The summed E-state index contributed by atoms with van der Waals surface area (Å²) in [7, 11) is 0. The zero-order valence-electron chi connectivity index (χ0n) is 12.5. The Bertz CT molecular complexity index is 532. The molecule has 0 bridgehead atoms. The molecule has 1 atom stereocenters. The van der Waals surface area contributed by atoms with E-state index in [0.29, 0.717) is 18.4 Å². The molecule has 1 aromatic rings. The summed E-state index contributed by atoms with van der Waals surface area (Å²) in [6, 6.07) is 1.97. The smallest absolute Gasteiger partial charge is 0.251 e. The highest BCUT2D eigenvalue weighted by Gasteiger charge is 2.38. The molecule has 2 saturated heterocycles. The van der Waals surface area contributed by atoms with Crippen LogP contribution in [0.3, 0.4) is 0 Å². The Morgan fingerprint density at radius 3 is 3.00 bits per heavy atom. The van der Waals surface area contributed by atoms with Gasteiger partial charge in [0.1, 0.15) is 5.82 Å². The third-order valence-corrected chi connectivity index (χ3v) is 4.38. The van der Waals surface area contributed by atoms with E-state index in [1.54, 1.807) is 13.0 Å². The predicted octanol–water partition coefficient (Wildman–Crippen LogP) is 0.896. The quantitative estimate of drug-likeness (QED) is 0.866. The SMILES string of the molecule is Cc1nc(CN[C@H]2CCOC3(CCOCC3)C2)cc(=O)[nH]1. The number of aryl methyl sites for hydroxylation is 1. The lowest BCUT2D eigenvalue weighted by molar-refractivity contribution is -0.140. The van der Waals surface area contributed by atoms with Crippen molar-refractivity contribution in [3.63, 3.8) is 0 Å². The summed E-state index contributed by atoms with van der Waals surface area (Å²) >= 11 is 0. The molecule has 2 aliphatic heterocycles. The molecular weight excluding hydrogens is 270 g/mol. The predicted molar refractivity (Wildman–Crippen MR) is 78.2 cm³/mol. The minimum absolute atomic E-state index is 0.00826. The van der Waals surface area contributed by atoms with Gasteiger partial charge in [0, 0.05) is 38.5 Å². The molecule has 0 radical (unpaired) electrons. The molecule has 0 amide bonds. The van der Waals surface area contributed by atoms with Crippen molar-refractivity contribution in [2.24, 2.45) is 0 Å². The number of rotatable bonds is 3. The van der Waals surface area contributed by atoms with E-state index in [2.05, 4.69) is 15.3 Å². The lowest BCUT2D eigenvalue weighted by Crippen LogP contribution is -2.49. The van der Waals surface area contributed by atoms with Gasteiger partial charge in [0.05, 0.1) is 11.3 Å². The second kappa shape index (κ2) is 6.25. The molecule has 0 aromatic carbocycles. The molecule has 116 valence electrons. The normalized spacial score (nSPS) is 25.1. The Morgan fingerprint density at radius 1 is 1.43 bits per heavy atom. The van der Waals surface area contributed by atoms with Crippen LogP contribution in [0, 0.1) is 6.92 Å². The van der Waals surface area contributed by atoms with Crippen LogP contribution in [0.25, 0.3) is 0 Å². The Hall–Kier alpha value is -1.24. The first-order chi connectivity index (χ1) is 10.2. The van der Waals surface area contributed by atoms with Gasteiger partial charge in [0.25, 0.3) is 5.56 Å². The summed E-state index contributed by atoms with van der Waals surface area (Å²) in [5.74, 6) is 0.659. The van der Waals surface area contributed by atoms with Gasteiger partial charge in [0.2, 0.25) is 0 Å². The molecule has 2 aliphatic rings. The summed E-state index contributed by atoms with van der Waals surface area (Å²) in [5, 5.41) is 3.53. The van der Waals surface area contributed by atoms with Crippen molar-refractivity contribution < 1.29 is 9.47 Å². The maximum Gasteiger partial charge on any atom is 0.251 e. The molecule has 0 saturated carbocycles. The minimum Gasteiger partial charge on any atom is -0.381 e. The summed E-state index contributed by atoms with van der Waals surface area (Å²) in [6.45, 7) is 4.81. The molecule has 6 nitrogen and oxygen atoms in total. The first-order valence-electron chi connectivity index (χ1n) is 7.67. The Labute approximate surface area is 124 Å². The van der Waals surface area contributed by atoms with Gasteiger partial charge in [0.15, 0.2) is 0 Å². The van der Waals surface area contributed by atoms with E-state index in [0.717, 1.165) is 51.2 Å². The molecule has 1 aromatic heterocycles. The molecular formula is C15H23N3O3. The van der Waals surface area contributed by atoms with Crippen molar-refractivity contribution in [3.05, 3.63) is 27.9 Å². The van der Waals surface area contributed by atoms with Crippen molar-refractivity contribution in [2.75, 3.05) is 19.8 Å². The fraction of sp³-hybridized carbons (Fsp3) is 0.733. The van der Waals surface area contributed by atoms with E-state index in [1.165, 1.54) is 0 Å². The maximum atomic E-state index is 11.4. The fourth-order valence-electron chi connectivity index (χ4n) is 3.27. The van der Waals surface area contributed by atoms with E-state index in [-0.39, 0.29) is 11.2 Å². The highest BCUT2D eigenvalue weighted by atomic mass is 16.5. The number of nitrogens with zero attached hydrogens (tertiary/aromatic N) is 1. The average Bonchev–Trinajstić information content (AvgIpc) is 2.45.